The van der Waals surface area contributed by atoms with Gasteiger partial charge in [0.05, 0.1) is 10.9 Å². The van der Waals surface area contributed by atoms with Crippen molar-refractivity contribution in [1.82, 2.24) is 0 Å². The van der Waals surface area contributed by atoms with Gasteiger partial charge in [0.1, 0.15) is 10.7 Å². The van der Waals surface area contributed by atoms with E-state index in [1.54, 1.807) is 6.07 Å². The van der Waals surface area contributed by atoms with Crippen LogP contribution in [0.2, 0.25) is 0 Å². The Hall–Kier alpha value is -1.62. The molecule has 1 heterocycles. The fraction of sp³-hybridized carbons (Fsp3) is 0.375. The molecule has 1 aromatic heterocycles. The molecule has 1 atom stereocenters. The lowest BCUT2D eigenvalue weighted by molar-refractivity contribution is -0.402. The van der Waals surface area contributed by atoms with Gasteiger partial charge in [0.2, 0.25) is 0 Å². The zero-order valence-corrected chi connectivity index (χ0v) is 13.9. The van der Waals surface area contributed by atoms with Crippen LogP contribution in [0.25, 0.3) is 0 Å². The van der Waals surface area contributed by atoms with Gasteiger partial charge in [0.15, 0.2) is 0 Å². The van der Waals surface area contributed by atoms with Crippen LogP contribution in [0, 0.1) is 10.1 Å². The van der Waals surface area contributed by atoms with E-state index in [0.717, 1.165) is 12.0 Å². The number of rotatable bonds is 5. The number of nitrogens with zero attached hydrogens (tertiary/aromatic N) is 1. The molecular formula is C16H18BrNO3. The zero-order chi connectivity index (χ0) is 15.6. The molecule has 2 aromatic rings. The lowest BCUT2D eigenvalue weighted by Crippen LogP contribution is -2.15. The summed E-state index contributed by atoms with van der Waals surface area (Å²) >= 11 is 3.53. The third kappa shape index (κ3) is 3.35. The smallest absolute Gasteiger partial charge is 0.404 e. The van der Waals surface area contributed by atoms with Gasteiger partial charge in [-0.15, -0.1) is 0 Å². The number of halogens is 1. The van der Waals surface area contributed by atoms with E-state index in [1.165, 1.54) is 11.6 Å². The second-order valence-electron chi connectivity index (χ2n) is 5.66. The summed E-state index contributed by atoms with van der Waals surface area (Å²) in [5.41, 5.74) is 2.43. The Morgan fingerprint density at radius 1 is 1.24 bits per heavy atom. The summed E-state index contributed by atoms with van der Waals surface area (Å²) in [6.45, 7) is 6.59. The molecule has 5 heteroatoms. The molecule has 0 saturated carbocycles. The topological polar surface area (TPSA) is 56.3 Å². The van der Waals surface area contributed by atoms with Crippen LogP contribution in [-0.2, 0) is 5.41 Å². The lowest BCUT2D eigenvalue weighted by atomic mass is 9.82. The number of benzene rings is 1. The highest BCUT2D eigenvalue weighted by atomic mass is 79.9. The predicted molar refractivity (Wildman–Crippen MR) is 85.9 cm³/mol. The van der Waals surface area contributed by atoms with Gasteiger partial charge in [-0.3, -0.25) is 10.1 Å². The van der Waals surface area contributed by atoms with Crippen LogP contribution >= 0.6 is 15.9 Å². The van der Waals surface area contributed by atoms with Gasteiger partial charge >= 0.3 is 5.88 Å². The van der Waals surface area contributed by atoms with Gasteiger partial charge < -0.3 is 4.42 Å². The average Bonchev–Trinajstić information content (AvgIpc) is 2.96. The Balaban J connectivity index is 2.23. The van der Waals surface area contributed by atoms with E-state index in [9.17, 15) is 10.1 Å². The van der Waals surface area contributed by atoms with Gasteiger partial charge in [0, 0.05) is 0 Å². The molecule has 0 fully saturated rings. The molecule has 0 amide bonds. The van der Waals surface area contributed by atoms with Crippen molar-refractivity contribution in [2.45, 2.75) is 37.4 Å². The molecule has 4 nitrogen and oxygen atoms in total. The van der Waals surface area contributed by atoms with E-state index in [-0.39, 0.29) is 16.1 Å². The fourth-order valence-corrected chi connectivity index (χ4v) is 2.60. The van der Waals surface area contributed by atoms with Crippen LogP contribution in [-0.4, -0.2) is 4.92 Å². The molecule has 0 bridgehead atoms. The van der Waals surface area contributed by atoms with Gasteiger partial charge in [-0.05, 0) is 29.0 Å². The van der Waals surface area contributed by atoms with Gasteiger partial charge in [0.25, 0.3) is 0 Å². The third-order valence-corrected chi connectivity index (χ3v) is 4.89. The first-order valence-electron chi connectivity index (χ1n) is 6.84. The van der Waals surface area contributed by atoms with Gasteiger partial charge in [-0.2, -0.15) is 0 Å². The summed E-state index contributed by atoms with van der Waals surface area (Å²) in [7, 11) is 0. The summed E-state index contributed by atoms with van der Waals surface area (Å²) in [4.78, 5) is 9.94. The molecule has 1 aromatic carbocycles. The first kappa shape index (κ1) is 15.8. The minimum Gasteiger partial charge on any atom is -0.404 e. The van der Waals surface area contributed by atoms with Crippen LogP contribution < -0.4 is 0 Å². The highest BCUT2D eigenvalue weighted by Crippen LogP contribution is 2.35. The van der Waals surface area contributed by atoms with Crippen molar-refractivity contribution in [3.8, 4) is 0 Å². The largest absolute Gasteiger partial charge is 0.433 e. The zero-order valence-electron chi connectivity index (χ0n) is 12.3. The summed E-state index contributed by atoms with van der Waals surface area (Å²) in [5.74, 6) is 0.294. The number of furan rings is 1. The van der Waals surface area contributed by atoms with Crippen molar-refractivity contribution in [3.05, 3.63) is 63.4 Å². The minimum absolute atomic E-state index is 0.143. The first-order valence-corrected chi connectivity index (χ1v) is 7.75. The van der Waals surface area contributed by atoms with E-state index in [4.69, 9.17) is 4.42 Å². The van der Waals surface area contributed by atoms with Crippen molar-refractivity contribution < 1.29 is 9.34 Å². The van der Waals surface area contributed by atoms with Crippen LogP contribution in [0.3, 0.4) is 0 Å². The number of hydrogen-bond acceptors (Lipinski definition) is 3. The molecule has 21 heavy (non-hydrogen) atoms. The Morgan fingerprint density at radius 2 is 1.86 bits per heavy atom. The Labute approximate surface area is 132 Å². The second kappa shape index (κ2) is 6.02. The molecule has 0 aliphatic heterocycles. The van der Waals surface area contributed by atoms with Crippen molar-refractivity contribution in [2.24, 2.45) is 0 Å². The summed E-state index contributed by atoms with van der Waals surface area (Å²) in [6, 6.07) is 11.3. The number of hydrogen-bond donors (Lipinski definition) is 0. The standard InChI is InChI=1S/C16H18BrNO3/c1-4-16(2,3)12-7-5-11(6-8-12)15(17)13-9-10-14(21-13)18(19)20/h5-10,15H,4H2,1-3H3. The van der Waals surface area contributed by atoms with Gasteiger partial charge in [-0.25, -0.2) is 0 Å². The average molecular weight is 352 g/mol. The van der Waals surface area contributed by atoms with E-state index < -0.39 is 4.92 Å². The fourth-order valence-electron chi connectivity index (χ4n) is 2.05. The normalized spacial score (nSPS) is 13.1. The Bertz CT molecular complexity index is 631. The second-order valence-corrected chi connectivity index (χ2v) is 6.57. The monoisotopic (exact) mass is 351 g/mol. The van der Waals surface area contributed by atoms with Crippen molar-refractivity contribution in [1.29, 1.82) is 0 Å². The quantitative estimate of drug-likeness (QED) is 0.413. The summed E-state index contributed by atoms with van der Waals surface area (Å²) in [6.07, 6.45) is 1.06. The molecule has 1 unspecified atom stereocenters. The SMILES string of the molecule is CCC(C)(C)c1ccc(C(Br)c2ccc([N+](=O)[O-])o2)cc1. The van der Waals surface area contributed by atoms with Crippen molar-refractivity contribution in [3.63, 3.8) is 0 Å². The highest BCUT2D eigenvalue weighted by Gasteiger charge is 2.21. The number of alkyl halides is 1. The Kier molecular flexibility index (Phi) is 4.52. The van der Waals surface area contributed by atoms with E-state index in [1.807, 2.05) is 12.1 Å². The Morgan fingerprint density at radius 3 is 2.33 bits per heavy atom. The molecule has 0 N–H and O–H groups in total. The molecule has 2 rings (SSSR count). The maximum atomic E-state index is 10.7. The van der Waals surface area contributed by atoms with Crippen LogP contribution in [0.1, 0.15) is 48.9 Å². The van der Waals surface area contributed by atoms with E-state index in [0.29, 0.717) is 5.76 Å². The lowest BCUT2D eigenvalue weighted by Gasteiger charge is -2.23. The highest BCUT2D eigenvalue weighted by molar-refractivity contribution is 9.09. The van der Waals surface area contributed by atoms with Crippen LogP contribution in [0.4, 0.5) is 5.88 Å². The van der Waals surface area contributed by atoms with Crippen molar-refractivity contribution in [2.75, 3.05) is 0 Å². The summed E-state index contributed by atoms with van der Waals surface area (Å²) < 4.78 is 5.23. The molecule has 0 spiro atoms. The summed E-state index contributed by atoms with van der Waals surface area (Å²) in [5, 5.41) is 10.7. The van der Waals surface area contributed by atoms with E-state index >= 15 is 0 Å². The van der Waals surface area contributed by atoms with E-state index in [2.05, 4.69) is 48.8 Å². The molecule has 0 radical (unpaired) electrons. The van der Waals surface area contributed by atoms with Crippen molar-refractivity contribution >= 4 is 21.8 Å². The molecular weight excluding hydrogens is 334 g/mol. The van der Waals surface area contributed by atoms with Gasteiger partial charge in [-0.1, -0.05) is 61.0 Å². The third-order valence-electron chi connectivity index (χ3n) is 3.91. The maximum Gasteiger partial charge on any atom is 0.433 e. The maximum absolute atomic E-state index is 10.7. The molecule has 0 aliphatic carbocycles. The first-order chi connectivity index (χ1) is 9.85. The minimum atomic E-state index is -0.532. The van der Waals surface area contributed by atoms with Crippen LogP contribution in [0.5, 0.6) is 0 Å². The number of nitro groups is 1. The molecule has 112 valence electrons. The predicted octanol–water partition coefficient (Wildman–Crippen LogP) is 5.36. The van der Waals surface area contributed by atoms with Crippen LogP contribution in [0.15, 0.2) is 40.8 Å². The molecule has 0 saturated heterocycles. The molecule has 0 aliphatic rings.